The molecule has 2 aromatic rings. The molecule has 1 aliphatic heterocycles. The fourth-order valence-electron chi connectivity index (χ4n) is 4.02. The molecule has 29 heavy (non-hydrogen) atoms. The van der Waals surface area contributed by atoms with Crippen LogP contribution in [-0.2, 0) is 15.7 Å². The van der Waals surface area contributed by atoms with Gasteiger partial charge in [0.05, 0.1) is 11.4 Å². The van der Waals surface area contributed by atoms with E-state index in [0.29, 0.717) is 10.7 Å². The number of rotatable bonds is 9. The molecule has 1 fully saturated rings. The number of piperazine rings is 1. The van der Waals surface area contributed by atoms with Crippen molar-refractivity contribution in [1.82, 2.24) is 20.2 Å². The van der Waals surface area contributed by atoms with Gasteiger partial charge in [0.15, 0.2) is 15.7 Å². The fourth-order valence-corrected chi connectivity index (χ4v) is 5.23. The molecule has 1 aromatic carbocycles. The maximum Gasteiger partial charge on any atom is 0.210 e. The van der Waals surface area contributed by atoms with Gasteiger partial charge < -0.3 is 9.80 Å². The maximum atomic E-state index is 12.9. The van der Waals surface area contributed by atoms with Crippen LogP contribution in [0.3, 0.4) is 0 Å². The van der Waals surface area contributed by atoms with Crippen molar-refractivity contribution < 1.29 is 18.2 Å². The second-order valence-electron chi connectivity index (χ2n) is 7.84. The van der Waals surface area contributed by atoms with E-state index in [1.54, 1.807) is 17.0 Å². The predicted octanol–water partition coefficient (Wildman–Crippen LogP) is -0.776. The lowest BCUT2D eigenvalue weighted by molar-refractivity contribution is -1.03. The van der Waals surface area contributed by atoms with Crippen LogP contribution >= 0.6 is 0 Å². The second kappa shape index (κ2) is 9.60. The van der Waals surface area contributed by atoms with Crippen LogP contribution in [0, 0.1) is 6.92 Å². The summed E-state index contributed by atoms with van der Waals surface area (Å²) in [5.74, 6) is 0.435. The highest BCUT2D eigenvalue weighted by Gasteiger charge is 2.34. The molecule has 0 bridgehead atoms. The summed E-state index contributed by atoms with van der Waals surface area (Å²) in [5.41, 5.74) is 1.02. The maximum absolute atomic E-state index is 12.9. The molecule has 1 saturated heterocycles. The van der Waals surface area contributed by atoms with Gasteiger partial charge in [-0.3, -0.25) is 0 Å². The summed E-state index contributed by atoms with van der Waals surface area (Å²) in [5, 5.41) is 12.1. The number of nitrogens with zero attached hydrogens (tertiary/aromatic N) is 4. The van der Waals surface area contributed by atoms with Gasteiger partial charge in [0, 0.05) is 6.42 Å². The van der Waals surface area contributed by atoms with Crippen LogP contribution in [-0.4, -0.2) is 61.3 Å². The minimum Gasteiger partial charge on any atom is -0.322 e. The van der Waals surface area contributed by atoms with Gasteiger partial charge in [-0.25, -0.2) is 13.1 Å². The van der Waals surface area contributed by atoms with E-state index in [4.69, 9.17) is 0 Å². The molecule has 1 atom stereocenters. The van der Waals surface area contributed by atoms with Gasteiger partial charge in [0.1, 0.15) is 32.2 Å². The summed E-state index contributed by atoms with van der Waals surface area (Å²) >= 11 is 0. The van der Waals surface area contributed by atoms with Crippen LogP contribution in [0.2, 0.25) is 0 Å². The summed E-state index contributed by atoms with van der Waals surface area (Å²) in [6.07, 6.45) is 3.90. The van der Waals surface area contributed by atoms with Gasteiger partial charge in [0.2, 0.25) is 5.82 Å². The number of hydrogen-bond donors (Lipinski definition) is 2. The van der Waals surface area contributed by atoms with Gasteiger partial charge in [-0.05, 0) is 35.6 Å². The molecular formula is C20H32N6O2S+2. The highest BCUT2D eigenvalue weighted by atomic mass is 32.2. The molecule has 0 saturated carbocycles. The highest BCUT2D eigenvalue weighted by molar-refractivity contribution is 7.90. The SMILES string of the molecule is C=CC[NH+]1CC[NH+]([C@@H](CCC)c2nnnn2CS(=O)(=O)c2ccc(C)cc2)CC1. The number of benzene rings is 1. The molecule has 0 amide bonds. The van der Waals surface area contributed by atoms with E-state index >= 15 is 0 Å². The number of tetrazole rings is 1. The smallest absolute Gasteiger partial charge is 0.210 e. The average molecular weight is 421 g/mol. The van der Waals surface area contributed by atoms with Crippen LogP contribution in [0.4, 0.5) is 0 Å². The van der Waals surface area contributed by atoms with E-state index in [-0.39, 0.29) is 11.9 Å². The van der Waals surface area contributed by atoms with Gasteiger partial charge in [0.25, 0.3) is 0 Å². The third kappa shape index (κ3) is 5.29. The second-order valence-corrected chi connectivity index (χ2v) is 9.79. The number of nitrogens with one attached hydrogen (secondary N) is 2. The van der Waals surface area contributed by atoms with Crippen LogP contribution in [0.15, 0.2) is 41.8 Å². The molecule has 8 nitrogen and oxygen atoms in total. The standard InChI is InChI=1S/C20H30N6O2S/c1-4-6-19(25-14-12-24(11-5-2)13-15-25)20-21-22-23-26(20)16-29(27,28)18-9-7-17(3)8-10-18/h5,7-10,19H,2,4,6,11-16H2,1,3H3/p+2/t19-/m0/s1. The molecule has 2 N–H and O–H groups in total. The van der Waals surface area contributed by atoms with Crippen molar-refractivity contribution in [2.24, 2.45) is 0 Å². The van der Waals surface area contributed by atoms with Crippen LogP contribution in [0.1, 0.15) is 37.2 Å². The van der Waals surface area contributed by atoms with Crippen LogP contribution < -0.4 is 9.80 Å². The number of quaternary nitrogens is 2. The van der Waals surface area contributed by atoms with Gasteiger partial charge in [-0.1, -0.05) is 37.6 Å². The molecule has 0 unspecified atom stereocenters. The Bertz CT molecular complexity index is 901. The van der Waals surface area contributed by atoms with Gasteiger partial charge in [-0.15, -0.1) is 5.10 Å². The van der Waals surface area contributed by atoms with E-state index in [1.807, 2.05) is 25.1 Å². The number of sulfone groups is 1. The molecule has 1 aromatic heterocycles. The zero-order chi connectivity index (χ0) is 20.9. The Hall–Kier alpha value is -2.10. The first-order chi connectivity index (χ1) is 13.9. The van der Waals surface area contributed by atoms with Crippen molar-refractivity contribution >= 4 is 9.84 Å². The van der Waals surface area contributed by atoms with Crippen molar-refractivity contribution in [3.8, 4) is 0 Å². The Morgan fingerprint density at radius 2 is 1.90 bits per heavy atom. The molecule has 0 radical (unpaired) electrons. The summed E-state index contributed by atoms with van der Waals surface area (Å²) in [6, 6.07) is 7.01. The molecule has 158 valence electrons. The summed E-state index contributed by atoms with van der Waals surface area (Å²) in [4.78, 5) is 3.27. The minimum atomic E-state index is -3.52. The number of aromatic nitrogens is 4. The lowest BCUT2D eigenvalue weighted by Gasteiger charge is -2.33. The van der Waals surface area contributed by atoms with E-state index in [0.717, 1.165) is 51.1 Å². The highest BCUT2D eigenvalue weighted by Crippen LogP contribution is 2.17. The van der Waals surface area contributed by atoms with Crippen molar-refractivity contribution in [2.75, 3.05) is 32.7 Å². The monoisotopic (exact) mass is 420 g/mol. The molecular weight excluding hydrogens is 388 g/mol. The first-order valence-corrected chi connectivity index (χ1v) is 11.9. The molecule has 3 rings (SSSR count). The third-order valence-electron chi connectivity index (χ3n) is 5.65. The number of aryl methyl sites for hydroxylation is 1. The number of hydrogen-bond acceptors (Lipinski definition) is 5. The Morgan fingerprint density at radius 3 is 2.52 bits per heavy atom. The Balaban J connectivity index is 1.79. The third-order valence-corrected chi connectivity index (χ3v) is 7.22. The normalized spacial score (nSPS) is 21.0. The quantitative estimate of drug-likeness (QED) is 0.520. The Labute approximate surface area is 173 Å². The van der Waals surface area contributed by atoms with E-state index in [9.17, 15) is 8.42 Å². The lowest BCUT2D eigenvalue weighted by atomic mass is 10.1. The minimum absolute atomic E-state index is 0.105. The first kappa shape index (κ1) is 21.6. The zero-order valence-electron chi connectivity index (χ0n) is 17.3. The van der Waals surface area contributed by atoms with Crippen molar-refractivity contribution in [2.45, 2.75) is 43.5 Å². The summed E-state index contributed by atoms with van der Waals surface area (Å²) in [7, 11) is -3.52. The topological polar surface area (TPSA) is 86.6 Å². The molecule has 9 heteroatoms. The fraction of sp³-hybridized carbons (Fsp3) is 0.550. The Kier molecular flexibility index (Phi) is 7.15. The zero-order valence-corrected chi connectivity index (χ0v) is 18.2. The summed E-state index contributed by atoms with van der Waals surface area (Å²) < 4.78 is 27.3. The largest absolute Gasteiger partial charge is 0.322 e. The van der Waals surface area contributed by atoms with Crippen LogP contribution in [0.5, 0.6) is 0 Å². The molecule has 0 aliphatic carbocycles. The Morgan fingerprint density at radius 1 is 1.21 bits per heavy atom. The van der Waals surface area contributed by atoms with Crippen molar-refractivity contribution in [3.05, 3.63) is 48.3 Å². The first-order valence-electron chi connectivity index (χ1n) is 10.3. The molecule has 1 aliphatic rings. The summed E-state index contributed by atoms with van der Waals surface area (Å²) in [6.45, 7) is 13.1. The van der Waals surface area contributed by atoms with Gasteiger partial charge >= 0.3 is 0 Å². The average Bonchev–Trinajstić information content (AvgIpc) is 3.14. The predicted molar refractivity (Wildman–Crippen MR) is 110 cm³/mol. The van der Waals surface area contributed by atoms with Crippen molar-refractivity contribution in [3.63, 3.8) is 0 Å². The van der Waals surface area contributed by atoms with E-state index in [2.05, 4.69) is 29.0 Å². The van der Waals surface area contributed by atoms with E-state index in [1.165, 1.54) is 9.58 Å². The lowest BCUT2D eigenvalue weighted by Crippen LogP contribution is -3.28. The molecule has 2 heterocycles. The molecule has 0 spiro atoms. The van der Waals surface area contributed by atoms with Crippen LogP contribution in [0.25, 0.3) is 0 Å². The van der Waals surface area contributed by atoms with Crippen molar-refractivity contribution in [1.29, 1.82) is 0 Å². The van der Waals surface area contributed by atoms with E-state index < -0.39 is 9.84 Å². The van der Waals surface area contributed by atoms with Gasteiger partial charge in [-0.2, -0.15) is 0 Å².